The molecule has 100 valence electrons. The lowest BCUT2D eigenvalue weighted by molar-refractivity contribution is -0.662. The van der Waals surface area contributed by atoms with Crippen LogP contribution in [0.3, 0.4) is 0 Å². The van der Waals surface area contributed by atoms with Gasteiger partial charge in [0.25, 0.3) is 5.91 Å². The molecule has 1 saturated heterocycles. The second-order valence-corrected chi connectivity index (χ2v) is 5.52. The van der Waals surface area contributed by atoms with Crippen molar-refractivity contribution in [3.05, 3.63) is 24.2 Å². The van der Waals surface area contributed by atoms with E-state index in [1.54, 1.807) is 6.26 Å². The molecule has 0 saturated carbocycles. The van der Waals surface area contributed by atoms with Crippen molar-refractivity contribution in [3.8, 4) is 0 Å². The average Bonchev–Trinajstić information content (AvgIpc) is 2.80. The molecule has 1 fully saturated rings. The molecule has 0 bridgehead atoms. The third-order valence-electron chi connectivity index (χ3n) is 3.47. The van der Waals surface area contributed by atoms with Gasteiger partial charge in [-0.1, -0.05) is 13.8 Å². The van der Waals surface area contributed by atoms with Gasteiger partial charge in [0, 0.05) is 13.1 Å². The topological polar surface area (TPSA) is 50.1 Å². The maximum atomic E-state index is 12.1. The molecule has 4 nitrogen and oxygen atoms in total. The van der Waals surface area contributed by atoms with Crippen LogP contribution in [0.4, 0.5) is 0 Å². The van der Waals surface area contributed by atoms with E-state index in [1.807, 2.05) is 22.3 Å². The second-order valence-electron chi connectivity index (χ2n) is 5.52. The van der Waals surface area contributed by atoms with Gasteiger partial charge in [0.2, 0.25) is 0 Å². The fourth-order valence-corrected chi connectivity index (χ4v) is 2.76. The van der Waals surface area contributed by atoms with Gasteiger partial charge in [0.15, 0.2) is 12.3 Å². The van der Waals surface area contributed by atoms with Crippen molar-refractivity contribution >= 4 is 5.91 Å². The monoisotopic (exact) mass is 251 g/mol. The van der Waals surface area contributed by atoms with Crippen LogP contribution < -0.4 is 5.32 Å². The summed E-state index contributed by atoms with van der Waals surface area (Å²) in [5, 5.41) is 2.01. The summed E-state index contributed by atoms with van der Waals surface area (Å²) in [6.45, 7) is 7.53. The van der Waals surface area contributed by atoms with Gasteiger partial charge in [-0.25, -0.2) is 0 Å². The lowest BCUT2D eigenvalue weighted by Gasteiger charge is -2.34. The summed E-state index contributed by atoms with van der Waals surface area (Å²) >= 11 is 0. The molecule has 2 heterocycles. The minimum atomic E-state index is 0.250. The number of carbonyl (C=O) groups excluding carboxylic acids is 1. The smallest absolute Gasteiger partial charge is 0.277 e. The Balaban J connectivity index is 1.74. The van der Waals surface area contributed by atoms with Crippen molar-refractivity contribution in [2.75, 3.05) is 19.6 Å². The molecule has 1 amide bonds. The molecule has 2 atom stereocenters. The van der Waals surface area contributed by atoms with E-state index in [0.29, 0.717) is 18.4 Å². The first-order chi connectivity index (χ1) is 8.65. The third kappa shape index (κ3) is 3.60. The van der Waals surface area contributed by atoms with Crippen molar-refractivity contribution < 1.29 is 14.5 Å². The Hall–Kier alpha value is -1.29. The number of hydrogen-bond donors (Lipinski definition) is 1. The molecule has 0 spiro atoms. The molecule has 2 N–H and O–H groups in total. The van der Waals surface area contributed by atoms with Gasteiger partial charge >= 0.3 is 0 Å². The fraction of sp³-hybridized carbons (Fsp3) is 0.643. The van der Waals surface area contributed by atoms with Crippen LogP contribution in [0.25, 0.3) is 0 Å². The van der Waals surface area contributed by atoms with Crippen molar-refractivity contribution in [1.82, 2.24) is 4.90 Å². The maximum absolute atomic E-state index is 12.1. The van der Waals surface area contributed by atoms with E-state index >= 15 is 0 Å². The molecule has 18 heavy (non-hydrogen) atoms. The number of quaternary nitrogens is 1. The van der Waals surface area contributed by atoms with E-state index in [2.05, 4.69) is 13.8 Å². The average molecular weight is 251 g/mol. The highest BCUT2D eigenvalue weighted by molar-refractivity contribution is 5.77. The summed E-state index contributed by atoms with van der Waals surface area (Å²) in [6.07, 6.45) is 2.90. The largest absolute Gasteiger partial charge is 0.463 e. The number of nitrogens with two attached hydrogens (primary N) is 1. The van der Waals surface area contributed by atoms with Gasteiger partial charge in [0.05, 0.1) is 6.26 Å². The van der Waals surface area contributed by atoms with Crippen molar-refractivity contribution in [2.45, 2.75) is 26.8 Å². The predicted molar refractivity (Wildman–Crippen MR) is 68.7 cm³/mol. The van der Waals surface area contributed by atoms with Gasteiger partial charge in [-0.3, -0.25) is 4.79 Å². The van der Waals surface area contributed by atoms with E-state index in [9.17, 15) is 4.79 Å². The van der Waals surface area contributed by atoms with Gasteiger partial charge in [-0.2, -0.15) is 0 Å². The lowest BCUT2D eigenvalue weighted by atomic mass is 9.92. The van der Waals surface area contributed by atoms with Gasteiger partial charge in [0.1, 0.15) is 6.54 Å². The Morgan fingerprint density at radius 2 is 2.17 bits per heavy atom. The summed E-state index contributed by atoms with van der Waals surface area (Å²) < 4.78 is 5.24. The maximum Gasteiger partial charge on any atom is 0.277 e. The zero-order valence-corrected chi connectivity index (χ0v) is 11.3. The van der Waals surface area contributed by atoms with Crippen LogP contribution in [0.5, 0.6) is 0 Å². The quantitative estimate of drug-likeness (QED) is 0.862. The summed E-state index contributed by atoms with van der Waals surface area (Å²) in [7, 11) is 0. The summed E-state index contributed by atoms with van der Waals surface area (Å²) in [5.41, 5.74) is 0. The van der Waals surface area contributed by atoms with Crippen molar-refractivity contribution in [2.24, 2.45) is 11.8 Å². The van der Waals surface area contributed by atoms with Crippen LogP contribution in [0.2, 0.25) is 0 Å². The zero-order valence-electron chi connectivity index (χ0n) is 11.3. The number of amides is 1. The molecule has 2 rings (SSSR count). The molecular weight excluding hydrogens is 228 g/mol. The normalized spacial score (nSPS) is 24.2. The molecule has 1 aliphatic heterocycles. The van der Waals surface area contributed by atoms with E-state index in [4.69, 9.17) is 4.42 Å². The van der Waals surface area contributed by atoms with Crippen molar-refractivity contribution in [1.29, 1.82) is 0 Å². The van der Waals surface area contributed by atoms with Crippen LogP contribution in [0.15, 0.2) is 22.8 Å². The molecule has 0 aromatic carbocycles. The van der Waals surface area contributed by atoms with E-state index in [1.165, 1.54) is 6.42 Å². The highest BCUT2D eigenvalue weighted by Crippen LogP contribution is 2.20. The molecule has 4 heteroatoms. The van der Waals surface area contributed by atoms with Gasteiger partial charge < -0.3 is 14.6 Å². The van der Waals surface area contributed by atoms with Gasteiger partial charge in [-0.15, -0.1) is 0 Å². The number of rotatable bonds is 4. The van der Waals surface area contributed by atoms with Gasteiger partial charge in [-0.05, 0) is 30.4 Å². The number of piperidine rings is 1. The highest BCUT2D eigenvalue weighted by Gasteiger charge is 2.25. The molecule has 0 aliphatic carbocycles. The van der Waals surface area contributed by atoms with Crippen LogP contribution in [-0.2, 0) is 11.3 Å². The second kappa shape index (κ2) is 6.05. The predicted octanol–water partition coefficient (Wildman–Crippen LogP) is 0.848. The Bertz CT molecular complexity index is 365. The fourth-order valence-electron chi connectivity index (χ4n) is 2.76. The highest BCUT2D eigenvalue weighted by atomic mass is 16.3. The molecular formula is C14H23N2O2+. The standard InChI is InChI=1S/C14H22N2O2/c1-11-6-12(2)10-16(9-11)14(17)8-15-7-13-4-3-5-18-13/h3-5,11-12,15H,6-10H2,1-2H3/p+1/t11-,12+. The number of nitrogens with zero attached hydrogens (tertiary/aromatic N) is 1. The van der Waals surface area contributed by atoms with Crippen LogP contribution >= 0.6 is 0 Å². The SMILES string of the molecule is C[C@@H]1C[C@H](C)CN(C(=O)C[NH2+]Cc2ccco2)C1. The minimum absolute atomic E-state index is 0.250. The van der Waals surface area contributed by atoms with E-state index in [0.717, 1.165) is 25.4 Å². The molecule has 1 aromatic rings. The first-order valence-corrected chi connectivity index (χ1v) is 6.77. The first-order valence-electron chi connectivity index (χ1n) is 6.77. The van der Waals surface area contributed by atoms with Crippen molar-refractivity contribution in [3.63, 3.8) is 0 Å². The number of hydrogen-bond acceptors (Lipinski definition) is 2. The first kappa shape index (κ1) is 13.1. The number of carbonyl (C=O) groups is 1. The summed E-state index contributed by atoms with van der Waals surface area (Å²) in [6, 6.07) is 3.81. The lowest BCUT2D eigenvalue weighted by Crippen LogP contribution is -2.85. The number of likely N-dealkylation sites (tertiary alicyclic amines) is 1. The Morgan fingerprint density at radius 1 is 1.44 bits per heavy atom. The van der Waals surface area contributed by atoms with E-state index < -0.39 is 0 Å². The summed E-state index contributed by atoms with van der Waals surface area (Å²) in [5.74, 6) is 2.42. The Kier molecular flexibility index (Phi) is 4.42. The van der Waals surface area contributed by atoms with Crippen LogP contribution in [0, 0.1) is 11.8 Å². The Morgan fingerprint density at radius 3 is 2.78 bits per heavy atom. The molecule has 0 unspecified atom stereocenters. The number of furan rings is 1. The van der Waals surface area contributed by atoms with E-state index in [-0.39, 0.29) is 5.91 Å². The van der Waals surface area contributed by atoms with Crippen LogP contribution in [-0.4, -0.2) is 30.4 Å². The molecule has 1 aromatic heterocycles. The third-order valence-corrected chi connectivity index (χ3v) is 3.47. The molecule has 0 radical (unpaired) electrons. The minimum Gasteiger partial charge on any atom is -0.463 e. The summed E-state index contributed by atoms with van der Waals surface area (Å²) in [4.78, 5) is 14.1. The van der Waals surface area contributed by atoms with Crippen LogP contribution in [0.1, 0.15) is 26.0 Å². The zero-order chi connectivity index (χ0) is 13.0. The molecule has 1 aliphatic rings. The Labute approximate surface area is 108 Å².